The van der Waals surface area contributed by atoms with Crippen LogP contribution in [0.3, 0.4) is 0 Å². The topological polar surface area (TPSA) is 103 Å². The number of aliphatic hydroxyl groups excluding tert-OH is 1. The molecular formula is C11H8N2O4. The summed E-state index contributed by atoms with van der Waals surface area (Å²) in [6, 6.07) is 6.97. The van der Waals surface area contributed by atoms with Crippen molar-refractivity contribution in [2.24, 2.45) is 0 Å². The molecule has 0 fully saturated rings. The van der Waals surface area contributed by atoms with Gasteiger partial charge in [0, 0.05) is 11.5 Å². The van der Waals surface area contributed by atoms with Crippen LogP contribution in [0.25, 0.3) is 16.7 Å². The number of nitrogens with one attached hydrogen (secondary N) is 1. The number of aliphatic hydroxyl groups is 1. The number of aromatic nitrogens is 2. The maximum Gasteiger partial charge on any atom is 0.376 e. The molecule has 2 aromatic rings. The van der Waals surface area contributed by atoms with Crippen molar-refractivity contribution in [3.8, 4) is 0 Å². The van der Waals surface area contributed by atoms with Crippen molar-refractivity contribution < 1.29 is 19.8 Å². The van der Waals surface area contributed by atoms with Gasteiger partial charge in [-0.05, 0) is 6.07 Å². The largest absolute Gasteiger partial charge is 0.505 e. The number of carboxylic acid groups (broad SMARTS) is 1. The molecule has 0 atom stereocenters. The number of benzene rings is 1. The lowest BCUT2D eigenvalue weighted by Gasteiger charge is -1.94. The molecule has 6 heteroatoms. The van der Waals surface area contributed by atoms with E-state index < -0.39 is 17.5 Å². The Hall–Kier alpha value is -2.63. The van der Waals surface area contributed by atoms with E-state index in [0.717, 1.165) is 0 Å². The molecule has 1 aromatic heterocycles. The zero-order valence-electron chi connectivity index (χ0n) is 8.54. The number of para-hydroxylation sites is 1. The highest BCUT2D eigenvalue weighted by atomic mass is 16.4. The molecule has 0 saturated heterocycles. The number of carboxylic acids is 1. The van der Waals surface area contributed by atoms with Crippen LogP contribution in [0.15, 0.2) is 30.3 Å². The standard InChI is InChI=1S/C11H8N2O4/c14-8(5-9(15)11(16)17)10-6-3-1-2-4-7(6)12-13-10/h1-5,14H,(H,12,13)(H,16,17). The molecule has 0 aliphatic rings. The highest BCUT2D eigenvalue weighted by Gasteiger charge is 2.14. The summed E-state index contributed by atoms with van der Waals surface area (Å²) >= 11 is 0. The predicted molar refractivity (Wildman–Crippen MR) is 59.3 cm³/mol. The van der Waals surface area contributed by atoms with Crippen LogP contribution in [-0.2, 0) is 9.59 Å². The smallest absolute Gasteiger partial charge is 0.376 e. The van der Waals surface area contributed by atoms with E-state index >= 15 is 0 Å². The Morgan fingerprint density at radius 1 is 1.24 bits per heavy atom. The molecule has 6 nitrogen and oxygen atoms in total. The lowest BCUT2D eigenvalue weighted by atomic mass is 10.1. The second-order valence-electron chi connectivity index (χ2n) is 3.32. The van der Waals surface area contributed by atoms with Crippen LogP contribution < -0.4 is 0 Å². The second-order valence-corrected chi connectivity index (χ2v) is 3.32. The fraction of sp³-hybridized carbons (Fsp3) is 0. The monoisotopic (exact) mass is 232 g/mol. The number of nitrogens with zero attached hydrogens (tertiary/aromatic N) is 1. The number of aliphatic carboxylic acids is 1. The molecule has 2 rings (SSSR count). The Morgan fingerprint density at radius 2 is 1.94 bits per heavy atom. The number of carbonyl (C=O) groups excluding carboxylic acids is 1. The Bertz CT molecular complexity index is 627. The van der Waals surface area contributed by atoms with Gasteiger partial charge >= 0.3 is 5.97 Å². The van der Waals surface area contributed by atoms with Crippen molar-refractivity contribution in [2.75, 3.05) is 0 Å². The van der Waals surface area contributed by atoms with Gasteiger partial charge in [0.2, 0.25) is 0 Å². The molecule has 0 spiro atoms. The third-order valence-corrected chi connectivity index (χ3v) is 2.19. The zero-order valence-corrected chi connectivity index (χ0v) is 8.54. The Balaban J connectivity index is 2.47. The van der Waals surface area contributed by atoms with E-state index in [0.29, 0.717) is 17.0 Å². The van der Waals surface area contributed by atoms with Crippen molar-refractivity contribution in [1.29, 1.82) is 0 Å². The van der Waals surface area contributed by atoms with Crippen molar-refractivity contribution in [2.45, 2.75) is 0 Å². The second kappa shape index (κ2) is 4.09. The van der Waals surface area contributed by atoms with E-state index in [1.807, 2.05) is 0 Å². The van der Waals surface area contributed by atoms with Gasteiger partial charge in [-0.3, -0.25) is 9.89 Å². The number of hydrogen-bond donors (Lipinski definition) is 3. The van der Waals surface area contributed by atoms with Crippen molar-refractivity contribution in [3.05, 3.63) is 36.0 Å². The maximum absolute atomic E-state index is 10.9. The first-order valence-corrected chi connectivity index (χ1v) is 4.71. The molecule has 0 bridgehead atoms. The summed E-state index contributed by atoms with van der Waals surface area (Å²) in [7, 11) is 0. The number of hydrogen-bond acceptors (Lipinski definition) is 4. The summed E-state index contributed by atoms with van der Waals surface area (Å²) in [6.45, 7) is 0. The Morgan fingerprint density at radius 3 is 2.65 bits per heavy atom. The molecule has 1 heterocycles. The molecule has 0 unspecified atom stereocenters. The van der Waals surface area contributed by atoms with Crippen molar-refractivity contribution in [1.82, 2.24) is 10.2 Å². The van der Waals surface area contributed by atoms with Gasteiger partial charge in [0.25, 0.3) is 5.78 Å². The molecular weight excluding hydrogens is 224 g/mol. The molecule has 86 valence electrons. The van der Waals surface area contributed by atoms with Gasteiger partial charge in [-0.15, -0.1) is 0 Å². The number of ketones is 1. The molecule has 3 N–H and O–H groups in total. The van der Waals surface area contributed by atoms with Gasteiger partial charge in [-0.2, -0.15) is 5.10 Å². The number of rotatable bonds is 3. The summed E-state index contributed by atoms with van der Waals surface area (Å²) in [5, 5.41) is 25.1. The van der Waals surface area contributed by atoms with Gasteiger partial charge in [-0.1, -0.05) is 18.2 Å². The molecule has 0 saturated carbocycles. The highest BCUT2D eigenvalue weighted by molar-refractivity contribution is 6.38. The fourth-order valence-corrected chi connectivity index (χ4v) is 1.41. The first-order valence-electron chi connectivity index (χ1n) is 4.71. The van der Waals surface area contributed by atoms with Crippen LogP contribution in [-0.4, -0.2) is 32.2 Å². The molecule has 17 heavy (non-hydrogen) atoms. The van der Waals surface area contributed by atoms with Crippen LogP contribution in [0.5, 0.6) is 0 Å². The minimum atomic E-state index is -1.63. The molecule has 0 aliphatic carbocycles. The van der Waals surface area contributed by atoms with Crippen LogP contribution in [0.4, 0.5) is 0 Å². The van der Waals surface area contributed by atoms with E-state index in [1.165, 1.54) is 0 Å². The van der Waals surface area contributed by atoms with Gasteiger partial charge in [0.1, 0.15) is 11.5 Å². The van der Waals surface area contributed by atoms with E-state index in [1.54, 1.807) is 24.3 Å². The first-order chi connectivity index (χ1) is 8.09. The highest BCUT2D eigenvalue weighted by Crippen LogP contribution is 2.20. The van der Waals surface area contributed by atoms with E-state index in [9.17, 15) is 14.7 Å². The number of carbonyl (C=O) groups is 2. The summed E-state index contributed by atoms with van der Waals surface area (Å²) < 4.78 is 0. The third kappa shape index (κ3) is 2.00. The first kappa shape index (κ1) is 10.9. The van der Waals surface area contributed by atoms with E-state index in [-0.39, 0.29) is 5.69 Å². The molecule has 0 amide bonds. The predicted octanol–water partition coefficient (Wildman–Crippen LogP) is 1.12. The van der Waals surface area contributed by atoms with Gasteiger partial charge in [0.05, 0.1) is 5.52 Å². The zero-order chi connectivity index (χ0) is 12.4. The fourth-order valence-electron chi connectivity index (χ4n) is 1.41. The third-order valence-electron chi connectivity index (χ3n) is 2.19. The summed E-state index contributed by atoms with van der Waals surface area (Å²) in [6.07, 6.45) is 0.630. The van der Waals surface area contributed by atoms with Gasteiger partial charge in [-0.25, -0.2) is 4.79 Å². The number of H-pyrrole nitrogens is 1. The summed E-state index contributed by atoms with van der Waals surface area (Å²) in [5.41, 5.74) is 0.834. The SMILES string of the molecule is O=C(O)C(=O)C=C(O)c1n[nH]c2ccccc12. The molecule has 0 aliphatic heterocycles. The van der Waals surface area contributed by atoms with Gasteiger partial charge < -0.3 is 10.2 Å². The average molecular weight is 232 g/mol. The Labute approximate surface area is 95.2 Å². The lowest BCUT2D eigenvalue weighted by Crippen LogP contribution is -2.09. The van der Waals surface area contributed by atoms with Gasteiger partial charge in [0.15, 0.2) is 0 Å². The summed E-state index contributed by atoms with van der Waals surface area (Å²) in [4.78, 5) is 21.2. The van der Waals surface area contributed by atoms with Crippen LogP contribution in [0.1, 0.15) is 5.69 Å². The molecule has 0 radical (unpaired) electrons. The van der Waals surface area contributed by atoms with Crippen LogP contribution >= 0.6 is 0 Å². The molecule has 1 aromatic carbocycles. The number of aromatic amines is 1. The maximum atomic E-state index is 10.9. The minimum absolute atomic E-state index is 0.148. The van der Waals surface area contributed by atoms with E-state index in [4.69, 9.17) is 5.11 Å². The number of fused-ring (bicyclic) bond motifs is 1. The van der Waals surface area contributed by atoms with Crippen molar-refractivity contribution >= 4 is 28.4 Å². The summed E-state index contributed by atoms with van der Waals surface area (Å²) in [5.74, 6) is -3.30. The normalized spacial score (nSPS) is 11.6. The van der Waals surface area contributed by atoms with Crippen LogP contribution in [0, 0.1) is 0 Å². The Kier molecular flexibility index (Phi) is 2.61. The quantitative estimate of drug-likeness (QED) is 0.418. The average Bonchev–Trinajstić information content (AvgIpc) is 2.72. The van der Waals surface area contributed by atoms with Crippen molar-refractivity contribution in [3.63, 3.8) is 0 Å². The van der Waals surface area contributed by atoms with E-state index in [2.05, 4.69) is 10.2 Å². The van der Waals surface area contributed by atoms with Crippen LogP contribution in [0.2, 0.25) is 0 Å². The lowest BCUT2D eigenvalue weighted by molar-refractivity contribution is -0.146. The minimum Gasteiger partial charge on any atom is -0.505 e.